The van der Waals surface area contributed by atoms with Gasteiger partial charge in [0.25, 0.3) is 0 Å². The van der Waals surface area contributed by atoms with E-state index in [0.717, 1.165) is 6.20 Å². The van der Waals surface area contributed by atoms with E-state index in [9.17, 15) is 13.2 Å². The molecule has 1 heterocycles. The van der Waals surface area contributed by atoms with Gasteiger partial charge < -0.3 is 5.11 Å². The van der Waals surface area contributed by atoms with E-state index >= 15 is 0 Å². The van der Waals surface area contributed by atoms with Crippen LogP contribution in [0.5, 0.6) is 0 Å². The lowest BCUT2D eigenvalue weighted by atomic mass is 10.3. The number of carboxylic acid groups (broad SMARTS) is 1. The maximum atomic E-state index is 11.7. The van der Waals surface area contributed by atoms with Gasteiger partial charge >= 0.3 is 5.97 Å². The van der Waals surface area contributed by atoms with Gasteiger partial charge in [-0.05, 0) is 13.8 Å². The molecule has 1 aromatic rings. The minimum Gasteiger partial charge on any atom is -0.478 e. The largest absolute Gasteiger partial charge is 0.478 e. The molecule has 0 aliphatic rings. The van der Waals surface area contributed by atoms with E-state index in [2.05, 4.69) is 5.10 Å². The molecule has 0 amide bonds. The van der Waals surface area contributed by atoms with Crippen molar-refractivity contribution in [1.82, 2.24) is 9.78 Å². The number of carboxylic acids is 1. The van der Waals surface area contributed by atoms with E-state index in [-0.39, 0.29) is 17.0 Å². The molecule has 7 heteroatoms. The predicted octanol–water partition coefficient (Wildman–Crippen LogP) is 0.441. The van der Waals surface area contributed by atoms with Gasteiger partial charge in [-0.3, -0.25) is 4.68 Å². The summed E-state index contributed by atoms with van der Waals surface area (Å²) in [6, 6.07) is 0. The van der Waals surface area contributed by atoms with Crippen LogP contribution in [0.15, 0.2) is 6.20 Å². The monoisotopic (exact) mass is 246 g/mol. The smallest absolute Gasteiger partial charge is 0.339 e. The second kappa shape index (κ2) is 4.25. The predicted molar refractivity (Wildman–Crippen MR) is 57.9 cm³/mol. The summed E-state index contributed by atoms with van der Waals surface area (Å²) in [6.45, 7) is 3.12. The second-order valence-electron chi connectivity index (χ2n) is 3.79. The quantitative estimate of drug-likeness (QED) is 0.832. The van der Waals surface area contributed by atoms with Gasteiger partial charge in [-0.2, -0.15) is 5.10 Å². The van der Waals surface area contributed by atoms with Crippen LogP contribution in [0.3, 0.4) is 0 Å². The van der Waals surface area contributed by atoms with Gasteiger partial charge in [0.2, 0.25) is 0 Å². The fourth-order valence-electron chi connectivity index (χ4n) is 1.17. The summed E-state index contributed by atoms with van der Waals surface area (Å²) in [5, 5.41) is 12.1. The first-order valence-corrected chi connectivity index (χ1v) is 6.43. The Morgan fingerprint density at radius 2 is 2.12 bits per heavy atom. The Labute approximate surface area is 93.8 Å². The fourth-order valence-corrected chi connectivity index (χ4v) is 2.23. The van der Waals surface area contributed by atoms with Crippen LogP contribution in [0, 0.1) is 0 Å². The van der Waals surface area contributed by atoms with Gasteiger partial charge in [0.05, 0.1) is 22.9 Å². The first-order chi connectivity index (χ1) is 7.25. The molecule has 0 aliphatic carbocycles. The number of hydrogen-bond donors (Lipinski definition) is 1. The molecule has 0 fully saturated rings. The minimum absolute atomic E-state index is 0.0632. The van der Waals surface area contributed by atoms with Crippen molar-refractivity contribution in [3.05, 3.63) is 17.5 Å². The normalized spacial score (nSPS) is 12.0. The molecular formula is C9H14N2O4S. The minimum atomic E-state index is -3.32. The van der Waals surface area contributed by atoms with Crippen LogP contribution < -0.4 is 0 Å². The molecule has 1 aromatic heterocycles. The van der Waals surface area contributed by atoms with Crippen LogP contribution in [0.25, 0.3) is 0 Å². The van der Waals surface area contributed by atoms with Gasteiger partial charge in [0.1, 0.15) is 5.56 Å². The van der Waals surface area contributed by atoms with Gasteiger partial charge in [0.15, 0.2) is 9.84 Å². The molecule has 0 radical (unpaired) electrons. The Kier molecular flexibility index (Phi) is 3.37. The highest BCUT2D eigenvalue weighted by molar-refractivity contribution is 7.91. The first kappa shape index (κ1) is 12.7. The number of aromatic carboxylic acids is 1. The van der Waals surface area contributed by atoms with Crippen molar-refractivity contribution in [2.75, 3.05) is 0 Å². The third-order valence-electron chi connectivity index (χ3n) is 2.35. The van der Waals surface area contributed by atoms with E-state index in [4.69, 9.17) is 5.11 Å². The van der Waals surface area contributed by atoms with Gasteiger partial charge in [0, 0.05) is 7.05 Å². The Morgan fingerprint density at radius 1 is 1.56 bits per heavy atom. The second-order valence-corrected chi connectivity index (χ2v) is 6.35. The van der Waals surface area contributed by atoms with Gasteiger partial charge in [-0.25, -0.2) is 13.2 Å². The zero-order valence-electron chi connectivity index (χ0n) is 9.34. The van der Waals surface area contributed by atoms with Gasteiger partial charge in [-0.1, -0.05) is 0 Å². The summed E-state index contributed by atoms with van der Waals surface area (Å²) >= 11 is 0. The van der Waals surface area contributed by atoms with Crippen LogP contribution in [0.1, 0.15) is 29.9 Å². The van der Waals surface area contributed by atoms with Crippen LogP contribution in [0.2, 0.25) is 0 Å². The Morgan fingerprint density at radius 3 is 2.56 bits per heavy atom. The van der Waals surface area contributed by atoms with Crippen molar-refractivity contribution in [1.29, 1.82) is 0 Å². The Balaban J connectivity index is 3.16. The van der Waals surface area contributed by atoms with E-state index < -0.39 is 21.1 Å². The van der Waals surface area contributed by atoms with Crippen molar-refractivity contribution >= 4 is 15.8 Å². The van der Waals surface area contributed by atoms with Crippen LogP contribution in [0.4, 0.5) is 0 Å². The average molecular weight is 246 g/mol. The van der Waals surface area contributed by atoms with Crippen molar-refractivity contribution in [2.24, 2.45) is 7.05 Å². The molecule has 0 aromatic carbocycles. The van der Waals surface area contributed by atoms with E-state index in [1.807, 2.05) is 0 Å². The highest BCUT2D eigenvalue weighted by Crippen LogP contribution is 2.14. The summed E-state index contributed by atoms with van der Waals surface area (Å²) < 4.78 is 24.7. The summed E-state index contributed by atoms with van der Waals surface area (Å²) in [7, 11) is -1.80. The van der Waals surface area contributed by atoms with Gasteiger partial charge in [-0.15, -0.1) is 0 Å². The molecule has 0 aliphatic heterocycles. The molecule has 1 rings (SSSR count). The number of hydrogen-bond acceptors (Lipinski definition) is 4. The lowest BCUT2D eigenvalue weighted by Crippen LogP contribution is -2.19. The number of sulfone groups is 1. The maximum Gasteiger partial charge on any atom is 0.339 e. The number of rotatable bonds is 4. The highest BCUT2D eigenvalue weighted by atomic mass is 32.2. The summed E-state index contributed by atoms with van der Waals surface area (Å²) in [5.74, 6) is -1.47. The van der Waals surface area contributed by atoms with E-state index in [0.29, 0.717) is 0 Å². The topological polar surface area (TPSA) is 89.3 Å². The molecule has 6 nitrogen and oxygen atoms in total. The summed E-state index contributed by atoms with van der Waals surface area (Å²) in [6.07, 6.45) is 1.16. The Bertz CT molecular complexity index is 502. The standard InChI is InChI=1S/C9H14N2O4S/c1-6(2)16(14,15)5-8-7(9(12)13)4-10-11(8)3/h4,6H,5H2,1-3H3,(H,12,13). The van der Waals surface area contributed by atoms with Crippen molar-refractivity contribution in [3.8, 4) is 0 Å². The zero-order valence-corrected chi connectivity index (χ0v) is 10.2. The molecule has 0 unspecified atom stereocenters. The lowest BCUT2D eigenvalue weighted by molar-refractivity contribution is 0.0696. The number of aromatic nitrogens is 2. The Hall–Kier alpha value is -1.37. The highest BCUT2D eigenvalue weighted by Gasteiger charge is 2.23. The number of nitrogens with zero attached hydrogens (tertiary/aromatic N) is 2. The van der Waals surface area contributed by atoms with E-state index in [1.54, 1.807) is 13.8 Å². The zero-order chi connectivity index (χ0) is 12.5. The number of aryl methyl sites for hydroxylation is 1. The van der Waals surface area contributed by atoms with E-state index in [1.165, 1.54) is 11.7 Å². The van der Waals surface area contributed by atoms with Crippen molar-refractivity contribution in [2.45, 2.75) is 24.9 Å². The molecule has 0 saturated heterocycles. The maximum absolute atomic E-state index is 11.7. The summed E-state index contributed by atoms with van der Waals surface area (Å²) in [5.41, 5.74) is 0.146. The molecule has 1 N–H and O–H groups in total. The van der Waals surface area contributed by atoms with Crippen LogP contribution in [-0.4, -0.2) is 34.5 Å². The molecule has 0 bridgehead atoms. The molecule has 0 spiro atoms. The van der Waals surface area contributed by atoms with Crippen LogP contribution in [-0.2, 0) is 22.6 Å². The molecule has 90 valence electrons. The molecule has 0 saturated carbocycles. The van der Waals surface area contributed by atoms with Crippen molar-refractivity contribution < 1.29 is 18.3 Å². The average Bonchev–Trinajstić information content (AvgIpc) is 2.47. The number of carbonyl (C=O) groups is 1. The summed E-state index contributed by atoms with van der Waals surface area (Å²) in [4.78, 5) is 10.8. The molecule has 16 heavy (non-hydrogen) atoms. The fraction of sp³-hybridized carbons (Fsp3) is 0.556. The third kappa shape index (κ3) is 2.41. The first-order valence-electron chi connectivity index (χ1n) is 4.71. The van der Waals surface area contributed by atoms with Crippen molar-refractivity contribution in [3.63, 3.8) is 0 Å². The third-order valence-corrected chi connectivity index (χ3v) is 4.46. The molecular weight excluding hydrogens is 232 g/mol. The van der Waals surface area contributed by atoms with Crippen LogP contribution >= 0.6 is 0 Å². The SMILES string of the molecule is CC(C)S(=O)(=O)Cc1c(C(=O)O)cnn1C. The molecule has 0 atom stereocenters. The lowest BCUT2D eigenvalue weighted by Gasteiger charge is -2.08.